The minimum Gasteiger partial charge on any atom is -0.375 e. The lowest BCUT2D eigenvalue weighted by molar-refractivity contribution is -0.104. The van der Waals surface area contributed by atoms with E-state index >= 15 is 0 Å². The molecule has 0 aromatic carbocycles. The fraction of sp³-hybridized carbons (Fsp3) is 0.625. The van der Waals surface area contributed by atoms with Gasteiger partial charge in [-0.25, -0.2) is 0 Å². The van der Waals surface area contributed by atoms with Crippen molar-refractivity contribution in [3.05, 3.63) is 52.0 Å². The Bertz CT molecular complexity index is 802. The van der Waals surface area contributed by atoms with Gasteiger partial charge in [-0.2, -0.15) is 0 Å². The summed E-state index contributed by atoms with van der Waals surface area (Å²) in [5, 5.41) is 5.92. The lowest BCUT2D eigenvalue weighted by Crippen LogP contribution is -2.47. The second-order valence-electron chi connectivity index (χ2n) is 9.03. The Balaban J connectivity index is 1.26. The lowest BCUT2D eigenvalue weighted by Gasteiger charge is -2.46. The standard InChI is InChI=1S/C24H32N2O2S/c1-4-12-26-21(5-1)23(11-15-28-24(18-23)8-2-3-9-24)10-13-25-17-20-22-19(6-14-27-20)7-16-29-22/h1,4-5,7,12,16,20,25H,2-3,6,8-11,13-15,17-18H2/t20?,23-/m1/s1. The van der Waals surface area contributed by atoms with Crippen LogP contribution in [-0.4, -0.2) is 36.9 Å². The molecule has 3 aliphatic rings. The van der Waals surface area contributed by atoms with E-state index in [0.717, 1.165) is 52.0 Å². The zero-order valence-electron chi connectivity index (χ0n) is 17.2. The van der Waals surface area contributed by atoms with Crippen LogP contribution in [0.4, 0.5) is 0 Å². The molecule has 0 bridgehead atoms. The van der Waals surface area contributed by atoms with E-state index in [9.17, 15) is 0 Å². The van der Waals surface area contributed by atoms with E-state index < -0.39 is 0 Å². The molecule has 0 amide bonds. The fourth-order valence-corrected chi connectivity index (χ4v) is 6.74. The van der Waals surface area contributed by atoms with Crippen molar-refractivity contribution in [3.8, 4) is 0 Å². The van der Waals surface area contributed by atoms with Gasteiger partial charge in [-0.3, -0.25) is 4.98 Å². The Morgan fingerprint density at radius 3 is 2.93 bits per heavy atom. The second kappa shape index (κ2) is 8.46. The number of thiophene rings is 1. The molecular formula is C24H32N2O2S. The minimum atomic E-state index is 0.0914. The monoisotopic (exact) mass is 412 g/mol. The van der Waals surface area contributed by atoms with Crippen LogP contribution in [-0.2, 0) is 21.3 Å². The predicted molar refractivity (Wildman–Crippen MR) is 117 cm³/mol. The van der Waals surface area contributed by atoms with E-state index in [1.165, 1.54) is 41.8 Å². The molecule has 2 atom stereocenters. The van der Waals surface area contributed by atoms with Crippen LogP contribution in [0.1, 0.15) is 67.2 Å². The maximum atomic E-state index is 6.37. The first-order valence-electron chi connectivity index (χ1n) is 11.2. The highest BCUT2D eigenvalue weighted by Crippen LogP contribution is 2.49. The molecule has 2 aliphatic heterocycles. The summed E-state index contributed by atoms with van der Waals surface area (Å²) >= 11 is 1.84. The summed E-state index contributed by atoms with van der Waals surface area (Å²) in [4.78, 5) is 6.23. The minimum absolute atomic E-state index is 0.0914. The molecule has 1 N–H and O–H groups in total. The zero-order chi connectivity index (χ0) is 19.6. The third-order valence-corrected chi connectivity index (χ3v) is 8.30. The molecule has 1 unspecified atom stereocenters. The smallest absolute Gasteiger partial charge is 0.104 e. The Morgan fingerprint density at radius 2 is 2.07 bits per heavy atom. The first kappa shape index (κ1) is 19.7. The highest BCUT2D eigenvalue weighted by molar-refractivity contribution is 7.10. The lowest BCUT2D eigenvalue weighted by atomic mass is 9.68. The molecule has 2 fully saturated rings. The van der Waals surface area contributed by atoms with Crippen molar-refractivity contribution in [2.24, 2.45) is 0 Å². The maximum Gasteiger partial charge on any atom is 0.104 e. The molecule has 29 heavy (non-hydrogen) atoms. The largest absolute Gasteiger partial charge is 0.375 e. The first-order valence-corrected chi connectivity index (χ1v) is 12.1. The summed E-state index contributed by atoms with van der Waals surface area (Å²) in [6, 6.07) is 8.66. The normalized spacial score (nSPS) is 28.5. The molecule has 1 aliphatic carbocycles. The number of ether oxygens (including phenoxy) is 2. The van der Waals surface area contributed by atoms with Gasteiger partial charge in [-0.1, -0.05) is 18.9 Å². The Kier molecular flexibility index (Phi) is 5.74. The van der Waals surface area contributed by atoms with Crippen LogP contribution in [0.5, 0.6) is 0 Å². The third kappa shape index (κ3) is 4.02. The van der Waals surface area contributed by atoms with Crippen molar-refractivity contribution >= 4 is 11.3 Å². The zero-order valence-corrected chi connectivity index (χ0v) is 18.0. The summed E-state index contributed by atoms with van der Waals surface area (Å²) in [7, 11) is 0. The Labute approximate surface area is 178 Å². The van der Waals surface area contributed by atoms with Crippen molar-refractivity contribution in [2.75, 3.05) is 26.3 Å². The fourth-order valence-electron chi connectivity index (χ4n) is 5.73. The highest BCUT2D eigenvalue weighted by Gasteiger charge is 2.48. The number of pyridine rings is 1. The SMILES string of the molecule is c1ccc([C@]2(CCNCC3OCCc4ccsc43)CCOC3(CCCC3)C2)nc1. The molecule has 1 spiro atoms. The number of hydrogen-bond acceptors (Lipinski definition) is 5. The average Bonchev–Trinajstić information content (AvgIpc) is 3.42. The van der Waals surface area contributed by atoms with Crippen LogP contribution in [0.15, 0.2) is 35.8 Å². The molecule has 0 radical (unpaired) electrons. The van der Waals surface area contributed by atoms with Gasteiger partial charge in [0.15, 0.2) is 0 Å². The van der Waals surface area contributed by atoms with Gasteiger partial charge in [0.2, 0.25) is 0 Å². The van der Waals surface area contributed by atoms with Gasteiger partial charge < -0.3 is 14.8 Å². The molecule has 1 saturated carbocycles. The first-order chi connectivity index (χ1) is 14.3. The third-order valence-electron chi connectivity index (χ3n) is 7.25. The summed E-state index contributed by atoms with van der Waals surface area (Å²) in [6.07, 6.45) is 11.6. The quantitative estimate of drug-likeness (QED) is 0.692. The number of aromatic nitrogens is 1. The summed E-state index contributed by atoms with van der Waals surface area (Å²) in [5.74, 6) is 0. The number of nitrogens with zero attached hydrogens (tertiary/aromatic N) is 1. The molecule has 4 nitrogen and oxygen atoms in total. The van der Waals surface area contributed by atoms with Crippen LogP contribution in [0.25, 0.3) is 0 Å². The molecule has 4 heterocycles. The topological polar surface area (TPSA) is 43.4 Å². The molecule has 5 heteroatoms. The van der Waals surface area contributed by atoms with Crippen LogP contribution in [0.3, 0.4) is 0 Å². The van der Waals surface area contributed by atoms with Crippen molar-refractivity contribution < 1.29 is 9.47 Å². The van der Waals surface area contributed by atoms with Crippen molar-refractivity contribution in [1.82, 2.24) is 10.3 Å². The van der Waals surface area contributed by atoms with Gasteiger partial charge in [0, 0.05) is 35.3 Å². The van der Waals surface area contributed by atoms with E-state index in [-0.39, 0.29) is 17.1 Å². The summed E-state index contributed by atoms with van der Waals surface area (Å²) in [5.41, 5.74) is 2.95. The van der Waals surface area contributed by atoms with E-state index in [0.29, 0.717) is 0 Å². The molecule has 2 aromatic heterocycles. The van der Waals surface area contributed by atoms with Gasteiger partial charge in [0.25, 0.3) is 0 Å². The van der Waals surface area contributed by atoms with E-state index in [1.807, 2.05) is 23.6 Å². The van der Waals surface area contributed by atoms with Crippen LogP contribution in [0, 0.1) is 0 Å². The molecule has 156 valence electrons. The Morgan fingerprint density at radius 1 is 1.14 bits per heavy atom. The number of rotatable bonds is 6. The number of nitrogens with one attached hydrogen (secondary N) is 1. The molecule has 5 rings (SSSR count). The average molecular weight is 413 g/mol. The van der Waals surface area contributed by atoms with E-state index in [1.54, 1.807) is 0 Å². The van der Waals surface area contributed by atoms with Gasteiger partial charge in [0.05, 0.1) is 12.2 Å². The summed E-state index contributed by atoms with van der Waals surface area (Å²) in [6.45, 7) is 3.59. The summed E-state index contributed by atoms with van der Waals surface area (Å²) < 4.78 is 12.4. The van der Waals surface area contributed by atoms with Crippen LogP contribution in [0.2, 0.25) is 0 Å². The predicted octanol–water partition coefficient (Wildman–Crippen LogP) is 4.80. The maximum absolute atomic E-state index is 6.37. The van der Waals surface area contributed by atoms with Gasteiger partial charge in [0.1, 0.15) is 6.10 Å². The van der Waals surface area contributed by atoms with E-state index in [4.69, 9.17) is 14.5 Å². The van der Waals surface area contributed by atoms with Crippen molar-refractivity contribution in [2.45, 2.75) is 68.5 Å². The molecular weight excluding hydrogens is 380 g/mol. The molecule has 1 saturated heterocycles. The molecule has 2 aromatic rings. The van der Waals surface area contributed by atoms with Crippen molar-refractivity contribution in [1.29, 1.82) is 0 Å². The van der Waals surface area contributed by atoms with Gasteiger partial charge in [-0.15, -0.1) is 11.3 Å². The highest BCUT2D eigenvalue weighted by atomic mass is 32.1. The van der Waals surface area contributed by atoms with E-state index in [2.05, 4.69) is 28.9 Å². The second-order valence-corrected chi connectivity index (χ2v) is 9.98. The number of fused-ring (bicyclic) bond motifs is 1. The van der Waals surface area contributed by atoms with Crippen LogP contribution >= 0.6 is 11.3 Å². The van der Waals surface area contributed by atoms with Crippen LogP contribution < -0.4 is 5.32 Å². The van der Waals surface area contributed by atoms with Gasteiger partial charge >= 0.3 is 0 Å². The Hall–Kier alpha value is -1.27. The van der Waals surface area contributed by atoms with Gasteiger partial charge in [-0.05, 0) is 74.2 Å². The van der Waals surface area contributed by atoms with Crippen molar-refractivity contribution in [3.63, 3.8) is 0 Å². The number of hydrogen-bond donors (Lipinski definition) is 1.